The second-order valence-electron chi connectivity index (χ2n) is 16.0. The maximum atomic E-state index is 2.45. The standard InChI is InChI=1S/C46H45N2/c1-29-33-13-9-10-14-36(33)41(46(5,6)7)27-39(29)44-38-20-18-31-26-32(19-21-34(31)35(38)23-24-47(44)8)48-42-16-12-11-15-37(42)40-25-30(17-22-43(40)48)28-45(2,3)4/h9-27H,28H2,1-8H3/q+1. The minimum absolute atomic E-state index is 0.0231. The fraction of sp³-hybridized carbons (Fsp3) is 0.239. The van der Waals surface area contributed by atoms with Gasteiger partial charge in [-0.15, -0.1) is 0 Å². The maximum absolute atomic E-state index is 2.45. The molecule has 0 aliphatic carbocycles. The van der Waals surface area contributed by atoms with Crippen molar-refractivity contribution >= 4 is 54.1 Å². The van der Waals surface area contributed by atoms with E-state index in [1.807, 2.05) is 0 Å². The van der Waals surface area contributed by atoms with Crippen molar-refractivity contribution in [2.75, 3.05) is 0 Å². The number of fused-ring (bicyclic) bond motifs is 7. The van der Waals surface area contributed by atoms with Gasteiger partial charge in [-0.05, 0) is 105 Å². The van der Waals surface area contributed by atoms with Crippen LogP contribution in [0.3, 0.4) is 0 Å². The van der Waals surface area contributed by atoms with Crippen molar-refractivity contribution in [1.82, 2.24) is 4.57 Å². The summed E-state index contributed by atoms with van der Waals surface area (Å²) < 4.78 is 4.75. The molecule has 0 aliphatic rings. The van der Waals surface area contributed by atoms with Gasteiger partial charge in [-0.3, -0.25) is 0 Å². The summed E-state index contributed by atoms with van der Waals surface area (Å²) in [5.74, 6) is 0. The lowest BCUT2D eigenvalue weighted by Crippen LogP contribution is -2.31. The van der Waals surface area contributed by atoms with Crippen LogP contribution < -0.4 is 4.57 Å². The molecule has 0 spiro atoms. The third-order valence-corrected chi connectivity index (χ3v) is 10.2. The van der Waals surface area contributed by atoms with Gasteiger partial charge >= 0.3 is 0 Å². The van der Waals surface area contributed by atoms with Crippen molar-refractivity contribution in [3.05, 3.63) is 132 Å². The minimum Gasteiger partial charge on any atom is -0.309 e. The Labute approximate surface area is 284 Å². The van der Waals surface area contributed by atoms with E-state index >= 15 is 0 Å². The lowest BCUT2D eigenvalue weighted by Gasteiger charge is -2.24. The van der Waals surface area contributed by atoms with Crippen LogP contribution in [0, 0.1) is 12.3 Å². The van der Waals surface area contributed by atoms with Gasteiger partial charge in [0.2, 0.25) is 5.69 Å². The van der Waals surface area contributed by atoms with E-state index < -0.39 is 0 Å². The largest absolute Gasteiger partial charge is 0.309 e. The molecule has 2 nitrogen and oxygen atoms in total. The number of aromatic nitrogens is 2. The summed E-state index contributed by atoms with van der Waals surface area (Å²) in [6, 6.07) is 41.2. The predicted molar refractivity (Wildman–Crippen MR) is 207 cm³/mol. The Morgan fingerprint density at radius 3 is 2.02 bits per heavy atom. The van der Waals surface area contributed by atoms with E-state index in [4.69, 9.17) is 0 Å². The molecular formula is C46H45N2+. The van der Waals surface area contributed by atoms with E-state index in [9.17, 15) is 0 Å². The molecule has 0 atom stereocenters. The molecule has 2 aromatic heterocycles. The fourth-order valence-electron chi connectivity index (χ4n) is 8.06. The smallest absolute Gasteiger partial charge is 0.220 e. The van der Waals surface area contributed by atoms with Crippen molar-refractivity contribution in [1.29, 1.82) is 0 Å². The number of rotatable bonds is 3. The van der Waals surface area contributed by atoms with Crippen LogP contribution in [0.4, 0.5) is 0 Å². The molecule has 0 fully saturated rings. The Balaban J connectivity index is 1.33. The Hall–Kier alpha value is -4.95. The molecule has 0 saturated heterocycles. The van der Waals surface area contributed by atoms with Crippen LogP contribution >= 0.6 is 0 Å². The van der Waals surface area contributed by atoms with Crippen LogP contribution in [-0.4, -0.2) is 4.57 Å². The summed E-state index contributed by atoms with van der Waals surface area (Å²) >= 11 is 0. The number of aryl methyl sites for hydroxylation is 2. The molecule has 6 aromatic carbocycles. The molecule has 48 heavy (non-hydrogen) atoms. The first kappa shape index (κ1) is 30.4. The van der Waals surface area contributed by atoms with Crippen molar-refractivity contribution in [2.45, 2.75) is 60.3 Å². The summed E-state index contributed by atoms with van der Waals surface area (Å²) in [5, 5.41) is 10.4. The van der Waals surface area contributed by atoms with Crippen LogP contribution in [0.5, 0.6) is 0 Å². The molecule has 0 unspecified atom stereocenters. The van der Waals surface area contributed by atoms with Gasteiger partial charge in [0, 0.05) is 27.9 Å². The Morgan fingerprint density at radius 1 is 0.583 bits per heavy atom. The molecule has 238 valence electrons. The normalized spacial score (nSPS) is 12.7. The van der Waals surface area contributed by atoms with E-state index in [1.54, 1.807) is 0 Å². The molecule has 0 bridgehead atoms. The number of hydrogen-bond donors (Lipinski definition) is 0. The summed E-state index contributed by atoms with van der Waals surface area (Å²) in [5.41, 5.74) is 10.6. The lowest BCUT2D eigenvalue weighted by atomic mass is 9.80. The topological polar surface area (TPSA) is 8.81 Å². The summed E-state index contributed by atoms with van der Waals surface area (Å²) in [6.07, 6.45) is 3.29. The average molecular weight is 626 g/mol. The van der Waals surface area contributed by atoms with Gasteiger partial charge in [-0.25, -0.2) is 4.57 Å². The van der Waals surface area contributed by atoms with Gasteiger partial charge in [-0.1, -0.05) is 102 Å². The predicted octanol–water partition coefficient (Wildman–Crippen LogP) is 11.9. The average Bonchev–Trinajstić information content (AvgIpc) is 3.37. The quantitative estimate of drug-likeness (QED) is 0.136. The van der Waals surface area contributed by atoms with E-state index in [0.717, 1.165) is 6.42 Å². The number of para-hydroxylation sites is 1. The zero-order valence-corrected chi connectivity index (χ0v) is 29.6. The number of hydrogen-bond acceptors (Lipinski definition) is 0. The molecule has 0 saturated carbocycles. The van der Waals surface area contributed by atoms with Crippen LogP contribution in [0.25, 0.3) is 71.1 Å². The van der Waals surface area contributed by atoms with Crippen LogP contribution in [0.1, 0.15) is 58.2 Å². The highest BCUT2D eigenvalue weighted by molar-refractivity contribution is 6.13. The van der Waals surface area contributed by atoms with Crippen molar-refractivity contribution in [3.8, 4) is 16.9 Å². The zero-order chi connectivity index (χ0) is 33.5. The van der Waals surface area contributed by atoms with Gasteiger partial charge < -0.3 is 4.57 Å². The molecule has 8 aromatic rings. The van der Waals surface area contributed by atoms with Gasteiger partial charge in [0.25, 0.3) is 0 Å². The first-order valence-electron chi connectivity index (χ1n) is 17.3. The molecule has 0 amide bonds. The van der Waals surface area contributed by atoms with Gasteiger partial charge in [-0.2, -0.15) is 0 Å². The summed E-state index contributed by atoms with van der Waals surface area (Å²) in [4.78, 5) is 0. The van der Waals surface area contributed by atoms with Gasteiger partial charge in [0.15, 0.2) is 6.20 Å². The van der Waals surface area contributed by atoms with E-state index in [2.05, 4.69) is 180 Å². The molecule has 0 aliphatic heterocycles. The highest BCUT2D eigenvalue weighted by atomic mass is 15.0. The Bertz CT molecular complexity index is 2570. The molecule has 2 heteroatoms. The first-order chi connectivity index (χ1) is 22.9. The summed E-state index contributed by atoms with van der Waals surface area (Å²) in [7, 11) is 2.18. The van der Waals surface area contributed by atoms with Gasteiger partial charge in [0.1, 0.15) is 7.05 Å². The maximum Gasteiger partial charge on any atom is 0.220 e. The Morgan fingerprint density at radius 2 is 1.27 bits per heavy atom. The van der Waals surface area contributed by atoms with Crippen LogP contribution in [-0.2, 0) is 18.9 Å². The second kappa shape index (κ2) is 10.8. The first-order valence-corrected chi connectivity index (χ1v) is 17.3. The van der Waals surface area contributed by atoms with E-state index in [1.165, 1.54) is 87.8 Å². The second-order valence-corrected chi connectivity index (χ2v) is 16.0. The zero-order valence-electron chi connectivity index (χ0n) is 29.6. The highest BCUT2D eigenvalue weighted by Crippen LogP contribution is 2.41. The van der Waals surface area contributed by atoms with Crippen molar-refractivity contribution in [3.63, 3.8) is 0 Å². The Kier molecular flexibility index (Phi) is 6.83. The molecule has 2 heterocycles. The monoisotopic (exact) mass is 625 g/mol. The fourth-order valence-corrected chi connectivity index (χ4v) is 8.06. The van der Waals surface area contributed by atoms with E-state index in [0.29, 0.717) is 0 Å². The molecular weight excluding hydrogens is 581 g/mol. The van der Waals surface area contributed by atoms with Gasteiger partial charge in [0.05, 0.1) is 22.0 Å². The summed E-state index contributed by atoms with van der Waals surface area (Å²) in [6.45, 7) is 16.2. The molecule has 0 N–H and O–H groups in total. The number of benzene rings is 6. The lowest BCUT2D eigenvalue weighted by molar-refractivity contribution is -0.659. The third-order valence-electron chi connectivity index (χ3n) is 10.2. The van der Waals surface area contributed by atoms with Crippen LogP contribution in [0.15, 0.2) is 115 Å². The SMILES string of the molecule is Cc1c(-c2c3ccc4cc(-n5c6ccccc6c6cc(CC(C)(C)C)ccc65)ccc4c3cc[n+]2C)cc(C(C)(C)C)c2ccccc12. The van der Waals surface area contributed by atoms with Crippen LogP contribution in [0.2, 0.25) is 0 Å². The molecule has 8 rings (SSSR count). The van der Waals surface area contributed by atoms with Crippen molar-refractivity contribution < 1.29 is 4.57 Å². The number of nitrogens with zero attached hydrogens (tertiary/aromatic N) is 2. The molecule has 0 radical (unpaired) electrons. The van der Waals surface area contributed by atoms with Crippen molar-refractivity contribution in [2.24, 2.45) is 12.5 Å². The minimum atomic E-state index is 0.0231. The third kappa shape index (κ3) is 4.89. The number of pyridine rings is 1. The van der Waals surface area contributed by atoms with E-state index in [-0.39, 0.29) is 10.8 Å². The highest BCUT2D eigenvalue weighted by Gasteiger charge is 2.25.